The Morgan fingerprint density at radius 1 is 1.30 bits per heavy atom. The molecule has 4 nitrogen and oxygen atoms in total. The van der Waals surface area contributed by atoms with E-state index < -0.39 is 13.0 Å². The van der Waals surface area contributed by atoms with Gasteiger partial charge in [-0.3, -0.25) is 4.79 Å². The summed E-state index contributed by atoms with van der Waals surface area (Å²) in [4.78, 5) is 11.4. The Bertz CT molecular complexity index is 388. The van der Waals surface area contributed by atoms with E-state index in [9.17, 15) is 13.6 Å². The number of amides is 1. The number of carbonyl (C=O) groups is 1. The standard InChI is InChI=1S/C14H20F2N2O2/c15-13(16)10-20-9-7-14(19)18-8-6-12(17)11-4-2-1-3-5-11/h1-5,12-13H,6-10,17H2,(H,18,19). The predicted octanol–water partition coefficient (Wildman–Crippen LogP) is 1.86. The van der Waals surface area contributed by atoms with Crippen LogP contribution in [0.2, 0.25) is 0 Å². The third-order valence-corrected chi connectivity index (χ3v) is 2.72. The van der Waals surface area contributed by atoms with Crippen LogP contribution in [-0.4, -0.2) is 32.1 Å². The molecular weight excluding hydrogens is 266 g/mol. The molecule has 0 aromatic heterocycles. The van der Waals surface area contributed by atoms with Gasteiger partial charge in [0.15, 0.2) is 0 Å². The van der Waals surface area contributed by atoms with Crippen LogP contribution < -0.4 is 11.1 Å². The normalized spacial score (nSPS) is 12.4. The first-order valence-electron chi connectivity index (χ1n) is 6.52. The van der Waals surface area contributed by atoms with Gasteiger partial charge in [-0.15, -0.1) is 0 Å². The lowest BCUT2D eigenvalue weighted by molar-refractivity contribution is -0.122. The summed E-state index contributed by atoms with van der Waals surface area (Å²) in [5, 5.41) is 2.69. The lowest BCUT2D eigenvalue weighted by Crippen LogP contribution is -2.28. The average molecular weight is 286 g/mol. The Kier molecular flexibility index (Phi) is 7.75. The Hall–Kier alpha value is -1.53. The molecule has 0 heterocycles. The number of alkyl halides is 2. The number of nitrogens with one attached hydrogen (secondary N) is 1. The van der Waals surface area contributed by atoms with Gasteiger partial charge in [0.2, 0.25) is 5.91 Å². The molecule has 1 amide bonds. The molecule has 0 fully saturated rings. The molecule has 3 N–H and O–H groups in total. The molecule has 112 valence electrons. The van der Waals surface area contributed by atoms with Crippen molar-refractivity contribution in [3.8, 4) is 0 Å². The molecule has 1 atom stereocenters. The van der Waals surface area contributed by atoms with Crippen molar-refractivity contribution < 1.29 is 18.3 Å². The first-order valence-corrected chi connectivity index (χ1v) is 6.52. The molecule has 1 unspecified atom stereocenters. The maximum absolute atomic E-state index is 11.8. The van der Waals surface area contributed by atoms with Crippen LogP contribution in [0.25, 0.3) is 0 Å². The van der Waals surface area contributed by atoms with Gasteiger partial charge in [0.05, 0.1) is 6.61 Å². The topological polar surface area (TPSA) is 64.3 Å². The zero-order valence-corrected chi connectivity index (χ0v) is 11.2. The van der Waals surface area contributed by atoms with E-state index in [0.29, 0.717) is 13.0 Å². The van der Waals surface area contributed by atoms with Gasteiger partial charge in [-0.25, -0.2) is 8.78 Å². The fraction of sp³-hybridized carbons (Fsp3) is 0.500. The quantitative estimate of drug-likeness (QED) is 0.681. The average Bonchev–Trinajstić information content (AvgIpc) is 2.44. The molecule has 1 rings (SSSR count). The summed E-state index contributed by atoms with van der Waals surface area (Å²) in [5.41, 5.74) is 6.99. The van der Waals surface area contributed by atoms with Gasteiger partial charge < -0.3 is 15.8 Å². The van der Waals surface area contributed by atoms with E-state index >= 15 is 0 Å². The van der Waals surface area contributed by atoms with Crippen molar-refractivity contribution in [2.75, 3.05) is 19.8 Å². The molecule has 0 aliphatic heterocycles. The van der Waals surface area contributed by atoms with Gasteiger partial charge >= 0.3 is 0 Å². The third kappa shape index (κ3) is 7.16. The van der Waals surface area contributed by atoms with E-state index in [1.54, 1.807) is 0 Å². The number of nitrogens with two attached hydrogens (primary N) is 1. The molecule has 0 bridgehead atoms. The van der Waals surface area contributed by atoms with Crippen molar-refractivity contribution in [1.29, 1.82) is 0 Å². The van der Waals surface area contributed by atoms with E-state index in [4.69, 9.17) is 5.73 Å². The Balaban J connectivity index is 2.10. The Morgan fingerprint density at radius 3 is 2.65 bits per heavy atom. The minimum absolute atomic E-state index is 0.000905. The van der Waals surface area contributed by atoms with E-state index in [0.717, 1.165) is 5.56 Å². The fourth-order valence-corrected chi connectivity index (χ4v) is 1.66. The van der Waals surface area contributed by atoms with E-state index in [2.05, 4.69) is 10.1 Å². The monoisotopic (exact) mass is 286 g/mol. The number of halogens is 2. The van der Waals surface area contributed by atoms with Gasteiger partial charge in [-0.05, 0) is 12.0 Å². The molecule has 0 spiro atoms. The van der Waals surface area contributed by atoms with Crippen molar-refractivity contribution in [2.24, 2.45) is 5.73 Å². The Labute approximate surface area is 117 Å². The minimum Gasteiger partial charge on any atom is -0.375 e. The second-order valence-electron chi connectivity index (χ2n) is 4.37. The highest BCUT2D eigenvalue weighted by Gasteiger charge is 2.07. The highest BCUT2D eigenvalue weighted by Crippen LogP contribution is 2.12. The molecule has 0 radical (unpaired) electrons. The van der Waals surface area contributed by atoms with Crippen molar-refractivity contribution in [3.05, 3.63) is 35.9 Å². The summed E-state index contributed by atoms with van der Waals surface area (Å²) in [6.07, 6.45) is -1.80. The minimum atomic E-state index is -2.50. The molecule has 1 aromatic carbocycles. The van der Waals surface area contributed by atoms with Gasteiger partial charge in [-0.1, -0.05) is 30.3 Å². The smallest absolute Gasteiger partial charge is 0.261 e. The maximum Gasteiger partial charge on any atom is 0.261 e. The molecule has 1 aromatic rings. The van der Waals surface area contributed by atoms with Gasteiger partial charge in [0.1, 0.15) is 6.61 Å². The lowest BCUT2D eigenvalue weighted by Gasteiger charge is -2.12. The van der Waals surface area contributed by atoms with Crippen LogP contribution in [0.3, 0.4) is 0 Å². The van der Waals surface area contributed by atoms with Crippen LogP contribution in [0.5, 0.6) is 0 Å². The lowest BCUT2D eigenvalue weighted by atomic mass is 10.1. The largest absolute Gasteiger partial charge is 0.375 e. The van der Waals surface area contributed by atoms with E-state index in [-0.39, 0.29) is 25.0 Å². The van der Waals surface area contributed by atoms with Crippen molar-refractivity contribution in [3.63, 3.8) is 0 Å². The van der Waals surface area contributed by atoms with E-state index in [1.165, 1.54) is 0 Å². The summed E-state index contributed by atoms with van der Waals surface area (Å²) < 4.78 is 28.2. The van der Waals surface area contributed by atoms with Gasteiger partial charge in [0, 0.05) is 19.0 Å². The van der Waals surface area contributed by atoms with Crippen LogP contribution >= 0.6 is 0 Å². The van der Waals surface area contributed by atoms with Crippen molar-refractivity contribution >= 4 is 5.91 Å². The third-order valence-electron chi connectivity index (χ3n) is 2.72. The summed E-state index contributed by atoms with van der Waals surface area (Å²) in [6.45, 7) is -0.184. The number of carbonyl (C=O) groups excluding carboxylic acids is 1. The second-order valence-corrected chi connectivity index (χ2v) is 4.37. The number of ether oxygens (including phenoxy) is 1. The number of hydrogen-bond acceptors (Lipinski definition) is 3. The molecule has 0 aliphatic rings. The molecule has 0 saturated carbocycles. The van der Waals surface area contributed by atoms with Gasteiger partial charge in [-0.2, -0.15) is 0 Å². The molecule has 6 heteroatoms. The number of hydrogen-bond donors (Lipinski definition) is 2. The summed E-state index contributed by atoms with van der Waals surface area (Å²) in [6, 6.07) is 9.47. The van der Waals surface area contributed by atoms with Crippen LogP contribution in [0.15, 0.2) is 30.3 Å². The number of rotatable bonds is 9. The molecule has 0 saturated heterocycles. The van der Waals surface area contributed by atoms with Crippen LogP contribution in [0.1, 0.15) is 24.4 Å². The summed E-state index contributed by atoms with van der Waals surface area (Å²) >= 11 is 0. The Morgan fingerprint density at radius 2 is 2.00 bits per heavy atom. The fourth-order valence-electron chi connectivity index (χ4n) is 1.66. The zero-order chi connectivity index (χ0) is 14.8. The molecule has 20 heavy (non-hydrogen) atoms. The summed E-state index contributed by atoms with van der Waals surface area (Å²) in [5.74, 6) is -0.223. The second kappa shape index (κ2) is 9.39. The van der Waals surface area contributed by atoms with Crippen LogP contribution in [0, 0.1) is 0 Å². The van der Waals surface area contributed by atoms with Crippen LogP contribution in [0.4, 0.5) is 8.78 Å². The number of benzene rings is 1. The van der Waals surface area contributed by atoms with E-state index in [1.807, 2.05) is 30.3 Å². The zero-order valence-electron chi connectivity index (χ0n) is 11.2. The first kappa shape index (κ1) is 16.5. The molecular formula is C14H20F2N2O2. The highest BCUT2D eigenvalue weighted by atomic mass is 19.3. The van der Waals surface area contributed by atoms with Gasteiger partial charge in [0.25, 0.3) is 6.43 Å². The first-order chi connectivity index (χ1) is 9.59. The van der Waals surface area contributed by atoms with Crippen LogP contribution in [-0.2, 0) is 9.53 Å². The molecule has 0 aliphatic carbocycles. The maximum atomic E-state index is 11.8. The SMILES string of the molecule is NC(CCNC(=O)CCOCC(F)F)c1ccccc1. The van der Waals surface area contributed by atoms with Crippen molar-refractivity contribution in [1.82, 2.24) is 5.32 Å². The summed E-state index contributed by atoms with van der Waals surface area (Å²) in [7, 11) is 0. The van der Waals surface area contributed by atoms with Crippen molar-refractivity contribution in [2.45, 2.75) is 25.3 Å². The highest BCUT2D eigenvalue weighted by molar-refractivity contribution is 5.75. The predicted molar refractivity (Wildman–Crippen MR) is 72.4 cm³/mol.